The van der Waals surface area contributed by atoms with E-state index < -0.39 is 5.97 Å². The van der Waals surface area contributed by atoms with Gasteiger partial charge in [-0.3, -0.25) is 0 Å². The molecule has 0 unspecified atom stereocenters. The third-order valence-electron chi connectivity index (χ3n) is 2.56. The van der Waals surface area contributed by atoms with Crippen molar-refractivity contribution < 1.29 is 33.2 Å². The molecule has 136 valence electrons. The maximum Gasteiger partial charge on any atom is 0.373 e. The summed E-state index contributed by atoms with van der Waals surface area (Å²) in [5.74, 6) is -0.265. The van der Waals surface area contributed by atoms with Gasteiger partial charge in [0.2, 0.25) is 5.76 Å². The Hall–Kier alpha value is -1.15. The molecule has 0 atom stereocenters. The summed E-state index contributed by atoms with van der Waals surface area (Å²) in [5, 5.41) is 0. The molecule has 0 aliphatic rings. The summed E-state index contributed by atoms with van der Waals surface area (Å²) in [7, 11) is 1.63. The van der Waals surface area contributed by atoms with Crippen molar-refractivity contribution in [3.63, 3.8) is 0 Å². The van der Waals surface area contributed by atoms with Gasteiger partial charge < -0.3 is 28.4 Å². The lowest BCUT2D eigenvalue weighted by Gasteiger charge is -2.09. The second-order valence-electron chi connectivity index (χ2n) is 4.34. The van der Waals surface area contributed by atoms with Crippen molar-refractivity contribution in [1.82, 2.24) is 0 Å². The van der Waals surface area contributed by atoms with Gasteiger partial charge in [0.25, 0.3) is 0 Å². The third kappa shape index (κ3) is 14.2. The van der Waals surface area contributed by atoms with Crippen LogP contribution < -0.4 is 0 Å². The first-order valence-corrected chi connectivity index (χ1v) is 7.98. The number of carbonyl (C=O) groups is 1. The molecule has 0 fully saturated rings. The number of hydrogen-bond donors (Lipinski definition) is 0. The summed E-state index contributed by atoms with van der Waals surface area (Å²) >= 11 is 0. The molecule has 7 nitrogen and oxygen atoms in total. The van der Waals surface area contributed by atoms with Crippen molar-refractivity contribution in [1.29, 1.82) is 0 Å². The van der Waals surface area contributed by atoms with Crippen molar-refractivity contribution in [2.45, 2.75) is 20.3 Å². The van der Waals surface area contributed by atoms with Gasteiger partial charge in [0.05, 0.1) is 46.2 Å². The molecule has 0 bridgehead atoms. The van der Waals surface area contributed by atoms with Crippen molar-refractivity contribution >= 4 is 5.97 Å². The molecule has 23 heavy (non-hydrogen) atoms. The molecule has 0 rings (SSSR count). The molecular formula is C16H30O7. The average Bonchev–Trinajstić information content (AvgIpc) is 2.56. The normalized spacial score (nSPS) is 11.5. The molecule has 0 saturated carbocycles. The van der Waals surface area contributed by atoms with Gasteiger partial charge in [-0.05, 0) is 26.3 Å². The van der Waals surface area contributed by atoms with Gasteiger partial charge in [-0.1, -0.05) is 0 Å². The monoisotopic (exact) mass is 334 g/mol. The fourth-order valence-corrected chi connectivity index (χ4v) is 1.50. The maximum absolute atomic E-state index is 11.8. The van der Waals surface area contributed by atoms with E-state index >= 15 is 0 Å². The second kappa shape index (κ2) is 17.2. The van der Waals surface area contributed by atoms with Crippen molar-refractivity contribution in [3.8, 4) is 0 Å². The van der Waals surface area contributed by atoms with Gasteiger partial charge in [0.15, 0.2) is 0 Å². The number of esters is 1. The molecule has 0 aromatic rings. The van der Waals surface area contributed by atoms with E-state index in [-0.39, 0.29) is 12.4 Å². The first kappa shape index (κ1) is 21.9. The first-order valence-electron chi connectivity index (χ1n) is 7.98. The summed E-state index contributed by atoms with van der Waals surface area (Å²) in [4.78, 5) is 11.8. The molecule has 0 radical (unpaired) electrons. The van der Waals surface area contributed by atoms with Crippen LogP contribution in [0.15, 0.2) is 11.8 Å². The molecule has 0 aliphatic carbocycles. The minimum absolute atomic E-state index is 0.212. The van der Waals surface area contributed by atoms with Crippen LogP contribution in [0.4, 0.5) is 0 Å². The maximum atomic E-state index is 11.8. The zero-order valence-electron chi connectivity index (χ0n) is 14.5. The molecule has 0 aromatic heterocycles. The molecule has 0 saturated heterocycles. The highest BCUT2D eigenvalue weighted by atomic mass is 16.6. The molecule has 0 N–H and O–H groups in total. The Bertz CT molecular complexity index is 305. The standard InChI is InChI=1S/C16H30O7/c1-4-19-13-14-23-16(17)15(22-5-2)7-6-8-20-11-12-21-10-9-18-3/h7H,4-6,8-14H2,1-3H3. The number of carbonyl (C=O) groups excluding carboxylic acids is 1. The average molecular weight is 334 g/mol. The summed E-state index contributed by atoms with van der Waals surface area (Å²) in [6.07, 6.45) is 2.24. The summed E-state index contributed by atoms with van der Waals surface area (Å²) in [6, 6.07) is 0. The summed E-state index contributed by atoms with van der Waals surface area (Å²) in [5.41, 5.74) is 0. The van der Waals surface area contributed by atoms with Crippen molar-refractivity contribution in [2.75, 3.05) is 66.6 Å². The van der Waals surface area contributed by atoms with Crippen molar-refractivity contribution in [2.24, 2.45) is 0 Å². The Kier molecular flexibility index (Phi) is 16.3. The first-order chi connectivity index (χ1) is 11.3. The van der Waals surface area contributed by atoms with Gasteiger partial charge in [-0.2, -0.15) is 0 Å². The smallest absolute Gasteiger partial charge is 0.373 e. The topological polar surface area (TPSA) is 72.5 Å². The van der Waals surface area contributed by atoms with E-state index in [2.05, 4.69) is 0 Å². The molecule has 7 heteroatoms. The zero-order chi connectivity index (χ0) is 17.2. The number of methoxy groups -OCH3 is 1. The van der Waals surface area contributed by atoms with Gasteiger partial charge >= 0.3 is 5.97 Å². The van der Waals surface area contributed by atoms with Crippen LogP contribution in [0.5, 0.6) is 0 Å². The predicted octanol–water partition coefficient (Wildman–Crippen LogP) is 1.56. The Morgan fingerprint density at radius 2 is 1.43 bits per heavy atom. The van der Waals surface area contributed by atoms with Gasteiger partial charge in [0, 0.05) is 13.7 Å². The van der Waals surface area contributed by atoms with E-state index in [1.54, 1.807) is 13.2 Å². The van der Waals surface area contributed by atoms with Crippen LogP contribution in [0.2, 0.25) is 0 Å². The fourth-order valence-electron chi connectivity index (χ4n) is 1.50. The third-order valence-corrected chi connectivity index (χ3v) is 2.56. The van der Waals surface area contributed by atoms with E-state index in [0.717, 1.165) is 0 Å². The van der Waals surface area contributed by atoms with Crippen LogP contribution in [0.1, 0.15) is 20.3 Å². The number of hydrogen-bond acceptors (Lipinski definition) is 7. The van der Waals surface area contributed by atoms with Gasteiger partial charge in [-0.25, -0.2) is 4.79 Å². The van der Waals surface area contributed by atoms with Crippen LogP contribution in [0, 0.1) is 0 Å². The van der Waals surface area contributed by atoms with E-state index in [9.17, 15) is 4.79 Å². The Labute approximate surface area is 138 Å². The van der Waals surface area contributed by atoms with E-state index in [4.69, 9.17) is 28.4 Å². The summed E-state index contributed by atoms with van der Waals surface area (Å²) in [6.45, 7) is 7.93. The van der Waals surface area contributed by atoms with Crippen LogP contribution in [0.3, 0.4) is 0 Å². The predicted molar refractivity (Wildman–Crippen MR) is 85.3 cm³/mol. The van der Waals surface area contributed by atoms with Crippen molar-refractivity contribution in [3.05, 3.63) is 11.8 Å². The SMILES string of the molecule is CCOCCOC(=O)C(=CCCOCCOCCOC)OCC. The lowest BCUT2D eigenvalue weighted by molar-refractivity contribution is -0.144. The Morgan fingerprint density at radius 3 is 2.09 bits per heavy atom. The van der Waals surface area contributed by atoms with E-state index in [1.807, 2.05) is 13.8 Å². The van der Waals surface area contributed by atoms with Crippen LogP contribution in [-0.2, 0) is 33.2 Å². The van der Waals surface area contributed by atoms with E-state index in [1.165, 1.54) is 0 Å². The Morgan fingerprint density at radius 1 is 0.783 bits per heavy atom. The van der Waals surface area contributed by atoms with Crippen LogP contribution >= 0.6 is 0 Å². The van der Waals surface area contributed by atoms with Gasteiger partial charge in [0.1, 0.15) is 6.61 Å². The lowest BCUT2D eigenvalue weighted by atomic mass is 10.3. The Balaban J connectivity index is 3.81. The minimum atomic E-state index is -0.477. The molecular weight excluding hydrogens is 304 g/mol. The molecule has 0 aliphatic heterocycles. The van der Waals surface area contributed by atoms with Gasteiger partial charge in [-0.15, -0.1) is 0 Å². The quantitative estimate of drug-likeness (QED) is 0.183. The van der Waals surface area contributed by atoms with Crippen LogP contribution in [-0.4, -0.2) is 72.5 Å². The lowest BCUT2D eigenvalue weighted by Crippen LogP contribution is -2.15. The number of ether oxygens (including phenoxy) is 6. The highest BCUT2D eigenvalue weighted by Crippen LogP contribution is 2.03. The summed E-state index contributed by atoms with van der Waals surface area (Å²) < 4.78 is 31.0. The highest BCUT2D eigenvalue weighted by Gasteiger charge is 2.11. The highest BCUT2D eigenvalue weighted by molar-refractivity contribution is 5.86. The minimum Gasteiger partial charge on any atom is -0.487 e. The van der Waals surface area contributed by atoms with E-state index in [0.29, 0.717) is 59.3 Å². The zero-order valence-corrected chi connectivity index (χ0v) is 14.5. The molecule has 0 aromatic carbocycles. The number of rotatable bonds is 16. The fraction of sp³-hybridized carbons (Fsp3) is 0.812. The molecule has 0 heterocycles. The second-order valence-corrected chi connectivity index (χ2v) is 4.34. The van der Waals surface area contributed by atoms with Crippen LogP contribution in [0.25, 0.3) is 0 Å². The molecule has 0 spiro atoms. The molecule has 0 amide bonds. The largest absolute Gasteiger partial charge is 0.487 e.